The lowest BCUT2D eigenvalue weighted by Gasteiger charge is -2.35. The standard InChI is InChI=1S/C27H25F3N2O2/c1-31-16-18-4-11-22(12-5-18)34-17-23(20-8-13-24(29)25(30)15-20)27(32-14-2-3-26(32)33)19-6-9-21(28)10-7-19/h4-13,15-16,23,27H,2-3,14,17H2,1H3/t23?,27-/m0/s1. The normalized spacial score (nSPS) is 15.6. The second-order valence-electron chi connectivity index (χ2n) is 8.23. The molecule has 34 heavy (non-hydrogen) atoms. The van der Waals surface area contributed by atoms with Crippen molar-refractivity contribution in [1.82, 2.24) is 4.90 Å². The SMILES string of the molecule is CN=Cc1ccc(OCC(c2ccc(F)c(F)c2)[C@H](c2ccc(F)cc2)N2CCCC2=O)cc1. The monoisotopic (exact) mass is 466 g/mol. The maximum absolute atomic E-state index is 14.2. The predicted octanol–water partition coefficient (Wildman–Crippen LogP) is 5.68. The van der Waals surface area contributed by atoms with Crippen molar-refractivity contribution in [1.29, 1.82) is 0 Å². The third-order valence-electron chi connectivity index (χ3n) is 6.00. The lowest BCUT2D eigenvalue weighted by atomic mass is 9.86. The second kappa shape index (κ2) is 10.5. The van der Waals surface area contributed by atoms with Gasteiger partial charge in [0.15, 0.2) is 11.6 Å². The highest BCUT2D eigenvalue weighted by Crippen LogP contribution is 2.39. The van der Waals surface area contributed by atoms with Gasteiger partial charge in [-0.15, -0.1) is 0 Å². The first-order valence-corrected chi connectivity index (χ1v) is 11.1. The van der Waals surface area contributed by atoms with E-state index in [1.54, 1.807) is 42.4 Å². The van der Waals surface area contributed by atoms with Crippen molar-refractivity contribution in [2.45, 2.75) is 24.8 Å². The quantitative estimate of drug-likeness (QED) is 0.401. The minimum atomic E-state index is -0.976. The summed E-state index contributed by atoms with van der Waals surface area (Å²) in [6.45, 7) is 0.615. The molecule has 4 rings (SSSR count). The molecule has 176 valence electrons. The molecule has 0 aromatic heterocycles. The van der Waals surface area contributed by atoms with E-state index in [4.69, 9.17) is 4.74 Å². The highest BCUT2D eigenvalue weighted by Gasteiger charge is 2.36. The number of rotatable bonds is 8. The molecule has 1 fully saturated rings. The molecule has 2 atom stereocenters. The van der Waals surface area contributed by atoms with Gasteiger partial charge in [0.1, 0.15) is 11.6 Å². The highest BCUT2D eigenvalue weighted by atomic mass is 19.2. The van der Waals surface area contributed by atoms with Crippen LogP contribution in [0.5, 0.6) is 5.75 Å². The summed E-state index contributed by atoms with van der Waals surface area (Å²) in [7, 11) is 1.69. The first kappa shape index (κ1) is 23.5. The van der Waals surface area contributed by atoms with Crippen LogP contribution in [0.2, 0.25) is 0 Å². The smallest absolute Gasteiger partial charge is 0.223 e. The van der Waals surface area contributed by atoms with Gasteiger partial charge in [0.05, 0.1) is 12.6 Å². The third-order valence-corrected chi connectivity index (χ3v) is 6.00. The van der Waals surface area contributed by atoms with Crippen molar-refractivity contribution >= 4 is 12.1 Å². The van der Waals surface area contributed by atoms with Crippen molar-refractivity contribution in [3.8, 4) is 5.75 Å². The first-order valence-electron chi connectivity index (χ1n) is 11.1. The van der Waals surface area contributed by atoms with Crippen molar-refractivity contribution in [2.75, 3.05) is 20.2 Å². The van der Waals surface area contributed by atoms with Crippen LogP contribution in [0.4, 0.5) is 13.2 Å². The molecule has 1 aliphatic heterocycles. The van der Waals surface area contributed by atoms with Crippen LogP contribution in [0.1, 0.15) is 41.5 Å². The van der Waals surface area contributed by atoms with Gasteiger partial charge in [-0.3, -0.25) is 9.79 Å². The van der Waals surface area contributed by atoms with Gasteiger partial charge in [0.25, 0.3) is 0 Å². The van der Waals surface area contributed by atoms with E-state index in [0.29, 0.717) is 36.3 Å². The zero-order valence-corrected chi connectivity index (χ0v) is 18.8. The largest absolute Gasteiger partial charge is 0.493 e. The van der Waals surface area contributed by atoms with Crippen LogP contribution >= 0.6 is 0 Å². The molecule has 4 nitrogen and oxygen atoms in total. The Hall–Kier alpha value is -3.61. The van der Waals surface area contributed by atoms with Crippen LogP contribution in [0.3, 0.4) is 0 Å². The fourth-order valence-electron chi connectivity index (χ4n) is 4.35. The summed E-state index contributed by atoms with van der Waals surface area (Å²) in [5.74, 6) is -2.30. The van der Waals surface area contributed by atoms with Gasteiger partial charge in [-0.2, -0.15) is 0 Å². The number of benzene rings is 3. The molecule has 0 aliphatic carbocycles. The van der Waals surface area contributed by atoms with E-state index in [1.807, 2.05) is 12.1 Å². The van der Waals surface area contributed by atoms with Crippen LogP contribution < -0.4 is 4.74 Å². The molecule has 0 saturated carbocycles. The van der Waals surface area contributed by atoms with Crippen LogP contribution in [0.15, 0.2) is 71.7 Å². The summed E-state index contributed by atoms with van der Waals surface area (Å²) in [5, 5.41) is 0. The number of carbonyl (C=O) groups is 1. The van der Waals surface area contributed by atoms with Crippen molar-refractivity contribution in [3.63, 3.8) is 0 Å². The average molecular weight is 467 g/mol. The molecule has 7 heteroatoms. The Morgan fingerprint density at radius 1 is 0.971 bits per heavy atom. The summed E-state index contributed by atoms with van der Waals surface area (Å²) < 4.78 is 47.7. The molecular formula is C27H25F3N2O2. The zero-order chi connectivity index (χ0) is 24.1. The summed E-state index contributed by atoms with van der Waals surface area (Å²) in [6.07, 6.45) is 2.82. The molecule has 1 saturated heterocycles. The molecule has 1 aliphatic rings. The highest BCUT2D eigenvalue weighted by molar-refractivity contribution is 5.79. The van der Waals surface area contributed by atoms with E-state index in [0.717, 1.165) is 17.7 Å². The molecule has 1 amide bonds. The van der Waals surface area contributed by atoms with Crippen LogP contribution in [0, 0.1) is 17.5 Å². The van der Waals surface area contributed by atoms with Gasteiger partial charge in [0, 0.05) is 32.1 Å². The van der Waals surface area contributed by atoms with Gasteiger partial charge in [0.2, 0.25) is 5.91 Å². The summed E-state index contributed by atoms with van der Waals surface area (Å²) in [4.78, 5) is 18.5. The minimum Gasteiger partial charge on any atom is -0.493 e. The molecule has 3 aromatic carbocycles. The van der Waals surface area contributed by atoms with Crippen molar-refractivity contribution in [3.05, 3.63) is 101 Å². The molecular weight excluding hydrogens is 441 g/mol. The number of amides is 1. The Morgan fingerprint density at radius 3 is 2.29 bits per heavy atom. The maximum Gasteiger partial charge on any atom is 0.223 e. The van der Waals surface area contributed by atoms with Crippen molar-refractivity contribution in [2.24, 2.45) is 4.99 Å². The van der Waals surface area contributed by atoms with Crippen LogP contribution in [0.25, 0.3) is 0 Å². The first-order chi connectivity index (χ1) is 16.5. The Morgan fingerprint density at radius 2 is 1.68 bits per heavy atom. The van der Waals surface area contributed by atoms with Gasteiger partial charge in [-0.1, -0.05) is 18.2 Å². The molecule has 0 N–H and O–H groups in total. The zero-order valence-electron chi connectivity index (χ0n) is 18.8. The Kier molecular flexibility index (Phi) is 7.30. The molecule has 0 bridgehead atoms. The Bertz CT molecular complexity index is 1160. The fraction of sp³-hybridized carbons (Fsp3) is 0.259. The summed E-state index contributed by atoms with van der Waals surface area (Å²) in [6, 6.07) is 16.4. The summed E-state index contributed by atoms with van der Waals surface area (Å²) >= 11 is 0. The van der Waals surface area contributed by atoms with E-state index in [1.165, 1.54) is 18.2 Å². The number of halogens is 3. The van der Waals surface area contributed by atoms with E-state index in [9.17, 15) is 18.0 Å². The fourth-order valence-corrected chi connectivity index (χ4v) is 4.35. The van der Waals surface area contributed by atoms with Gasteiger partial charge in [-0.25, -0.2) is 13.2 Å². The van der Waals surface area contributed by atoms with Crippen molar-refractivity contribution < 1.29 is 22.7 Å². The number of carbonyl (C=O) groups excluding carboxylic acids is 1. The Balaban J connectivity index is 1.72. The maximum atomic E-state index is 14.2. The van der Waals surface area contributed by atoms with E-state index in [2.05, 4.69) is 4.99 Å². The molecule has 0 spiro atoms. The summed E-state index contributed by atoms with van der Waals surface area (Å²) in [5.41, 5.74) is 2.10. The van der Waals surface area contributed by atoms with Gasteiger partial charge in [-0.05, 0) is 71.6 Å². The molecule has 3 aromatic rings. The van der Waals surface area contributed by atoms with Crippen LogP contribution in [-0.2, 0) is 4.79 Å². The minimum absolute atomic E-state index is 0.0369. The number of hydrogen-bond acceptors (Lipinski definition) is 3. The Labute approximate surface area is 196 Å². The van der Waals surface area contributed by atoms with E-state index >= 15 is 0 Å². The topological polar surface area (TPSA) is 41.9 Å². The second-order valence-corrected chi connectivity index (χ2v) is 8.23. The van der Waals surface area contributed by atoms with E-state index < -0.39 is 29.4 Å². The number of nitrogens with zero attached hydrogens (tertiary/aromatic N) is 2. The number of hydrogen-bond donors (Lipinski definition) is 0. The van der Waals surface area contributed by atoms with E-state index in [-0.39, 0.29) is 12.5 Å². The van der Waals surface area contributed by atoms with Gasteiger partial charge < -0.3 is 9.64 Å². The lowest BCUT2D eigenvalue weighted by Crippen LogP contribution is -2.36. The number of ether oxygens (including phenoxy) is 1. The molecule has 0 radical (unpaired) electrons. The molecule has 1 heterocycles. The lowest BCUT2D eigenvalue weighted by molar-refractivity contribution is -0.130. The average Bonchev–Trinajstić information content (AvgIpc) is 3.26. The number of likely N-dealkylation sites (tertiary alicyclic amines) is 1. The molecule has 1 unspecified atom stereocenters. The third kappa shape index (κ3) is 5.30. The predicted molar refractivity (Wildman–Crippen MR) is 125 cm³/mol. The van der Waals surface area contributed by atoms with Gasteiger partial charge >= 0.3 is 0 Å². The van der Waals surface area contributed by atoms with Crippen LogP contribution in [-0.4, -0.2) is 37.2 Å². The number of aliphatic imine (C=N–C) groups is 1.